The first-order valence-electron chi connectivity index (χ1n) is 8.62. The Kier molecular flexibility index (Phi) is 3.35. The number of para-hydroxylation sites is 2. The number of nitrogens with zero attached hydrogens (tertiary/aromatic N) is 3. The smallest absolute Gasteiger partial charge is 0.356 e. The number of benzene rings is 2. The van der Waals surface area contributed by atoms with Crippen LogP contribution in [0.1, 0.15) is 22.0 Å². The zero-order valence-corrected chi connectivity index (χ0v) is 15.1. The van der Waals surface area contributed by atoms with Gasteiger partial charge in [0.25, 0.3) is 5.91 Å². The Morgan fingerprint density at radius 3 is 2.14 bits per heavy atom. The van der Waals surface area contributed by atoms with Crippen LogP contribution >= 0.6 is 0 Å². The van der Waals surface area contributed by atoms with Gasteiger partial charge in [-0.05, 0) is 23.8 Å². The Morgan fingerprint density at radius 2 is 1.46 bits per heavy atom. The third-order valence-corrected chi connectivity index (χ3v) is 5.18. The monoisotopic (exact) mass is 377 g/mol. The lowest BCUT2D eigenvalue weighted by molar-refractivity contribution is -0.139. The fourth-order valence-corrected chi connectivity index (χ4v) is 4.08. The molecule has 0 N–H and O–H groups in total. The van der Waals surface area contributed by atoms with E-state index in [4.69, 9.17) is 9.47 Å². The third kappa shape index (κ3) is 1.84. The van der Waals surface area contributed by atoms with Gasteiger partial charge in [0.1, 0.15) is 6.04 Å². The van der Waals surface area contributed by atoms with Gasteiger partial charge in [0, 0.05) is 5.56 Å². The van der Waals surface area contributed by atoms with E-state index in [-0.39, 0.29) is 17.2 Å². The highest BCUT2D eigenvalue weighted by Crippen LogP contribution is 2.55. The van der Waals surface area contributed by atoms with Crippen LogP contribution in [0.5, 0.6) is 0 Å². The SMILES string of the molecule is COC(=O)C1=C(C(=O)OC)N2c3ccccc3N3C(=O)c4ccccc4C1N32. The summed E-state index contributed by atoms with van der Waals surface area (Å²) in [6, 6.07) is 13.6. The first-order chi connectivity index (χ1) is 13.6. The summed E-state index contributed by atoms with van der Waals surface area (Å²) in [5.41, 5.74) is 2.49. The van der Waals surface area contributed by atoms with Gasteiger partial charge in [-0.25, -0.2) is 19.6 Å². The predicted molar refractivity (Wildman–Crippen MR) is 97.8 cm³/mol. The number of hydrogen-bond acceptors (Lipinski definition) is 7. The number of amides is 1. The molecule has 3 heterocycles. The average molecular weight is 377 g/mol. The molecule has 8 heteroatoms. The molecule has 140 valence electrons. The molecular formula is C20H15N3O5. The van der Waals surface area contributed by atoms with Crippen molar-refractivity contribution in [2.45, 2.75) is 6.04 Å². The highest BCUT2D eigenvalue weighted by Gasteiger charge is 2.58. The molecule has 5 rings (SSSR count). The van der Waals surface area contributed by atoms with Gasteiger partial charge in [-0.15, -0.1) is 5.12 Å². The largest absolute Gasteiger partial charge is 0.466 e. The number of rotatable bonds is 2. The van der Waals surface area contributed by atoms with Crippen molar-refractivity contribution in [3.63, 3.8) is 0 Å². The van der Waals surface area contributed by atoms with Gasteiger partial charge in [0.15, 0.2) is 5.70 Å². The number of ether oxygens (including phenoxy) is 2. The molecule has 28 heavy (non-hydrogen) atoms. The normalized spacial score (nSPS) is 19.4. The predicted octanol–water partition coefficient (Wildman–Crippen LogP) is 1.95. The molecule has 3 aliphatic heterocycles. The van der Waals surface area contributed by atoms with Crippen molar-refractivity contribution in [3.05, 3.63) is 70.9 Å². The molecule has 1 atom stereocenters. The number of hydrazine groups is 2. The van der Waals surface area contributed by atoms with Crippen LogP contribution in [-0.2, 0) is 19.1 Å². The summed E-state index contributed by atoms with van der Waals surface area (Å²) >= 11 is 0. The van der Waals surface area contributed by atoms with Gasteiger partial charge in [0.05, 0.1) is 31.2 Å². The minimum Gasteiger partial charge on any atom is -0.466 e. The molecule has 3 aliphatic rings. The minimum atomic E-state index is -0.692. The molecule has 0 bridgehead atoms. The second-order valence-electron chi connectivity index (χ2n) is 6.47. The van der Waals surface area contributed by atoms with E-state index in [0.717, 1.165) is 0 Å². The molecule has 0 aromatic heterocycles. The first kappa shape index (κ1) is 16.5. The first-order valence-corrected chi connectivity index (χ1v) is 8.62. The van der Waals surface area contributed by atoms with Crippen molar-refractivity contribution in [2.75, 3.05) is 24.2 Å². The van der Waals surface area contributed by atoms with E-state index in [1.807, 2.05) is 6.07 Å². The molecule has 2 aromatic rings. The van der Waals surface area contributed by atoms with Crippen LogP contribution in [-0.4, -0.2) is 37.2 Å². The Hall–Kier alpha value is -3.65. The summed E-state index contributed by atoms with van der Waals surface area (Å²) in [6.45, 7) is 0. The molecule has 1 unspecified atom stereocenters. The van der Waals surface area contributed by atoms with Crippen LogP contribution in [0.25, 0.3) is 0 Å². The van der Waals surface area contributed by atoms with E-state index in [1.54, 1.807) is 52.6 Å². The number of hydrogen-bond donors (Lipinski definition) is 0. The summed E-state index contributed by atoms with van der Waals surface area (Å²) in [5, 5.41) is 4.67. The summed E-state index contributed by atoms with van der Waals surface area (Å²) in [7, 11) is 2.51. The second kappa shape index (κ2) is 5.67. The van der Waals surface area contributed by atoms with Crippen molar-refractivity contribution >= 4 is 29.2 Å². The van der Waals surface area contributed by atoms with Crippen molar-refractivity contribution in [1.29, 1.82) is 0 Å². The van der Waals surface area contributed by atoms with Crippen LogP contribution in [0.15, 0.2) is 59.8 Å². The van der Waals surface area contributed by atoms with Gasteiger partial charge in [-0.3, -0.25) is 4.79 Å². The van der Waals surface area contributed by atoms with Crippen molar-refractivity contribution < 1.29 is 23.9 Å². The maximum atomic E-state index is 13.3. The number of methoxy groups -OCH3 is 2. The summed E-state index contributed by atoms with van der Waals surface area (Å²) in [5.74, 6) is -1.57. The molecule has 0 saturated carbocycles. The highest BCUT2D eigenvalue weighted by molar-refractivity contribution is 6.15. The van der Waals surface area contributed by atoms with Crippen molar-refractivity contribution in [3.8, 4) is 0 Å². The molecule has 0 spiro atoms. The zero-order valence-electron chi connectivity index (χ0n) is 15.1. The van der Waals surface area contributed by atoms with Gasteiger partial charge in [-0.2, -0.15) is 0 Å². The molecule has 8 nitrogen and oxygen atoms in total. The Bertz CT molecular complexity index is 1090. The van der Waals surface area contributed by atoms with Crippen LogP contribution in [0.4, 0.5) is 11.4 Å². The molecule has 0 radical (unpaired) electrons. The van der Waals surface area contributed by atoms with E-state index < -0.39 is 18.0 Å². The van der Waals surface area contributed by atoms with Gasteiger partial charge in [-0.1, -0.05) is 30.3 Å². The Morgan fingerprint density at radius 1 is 0.857 bits per heavy atom. The average Bonchev–Trinajstić information content (AvgIpc) is 3.25. The molecular weight excluding hydrogens is 362 g/mol. The summed E-state index contributed by atoms with van der Waals surface area (Å²) < 4.78 is 9.95. The van der Waals surface area contributed by atoms with E-state index in [1.165, 1.54) is 19.2 Å². The topological polar surface area (TPSA) is 79.4 Å². The third-order valence-electron chi connectivity index (χ3n) is 5.18. The van der Waals surface area contributed by atoms with Crippen LogP contribution in [0.2, 0.25) is 0 Å². The van der Waals surface area contributed by atoms with E-state index >= 15 is 0 Å². The summed E-state index contributed by atoms with van der Waals surface area (Å²) in [4.78, 5) is 38.7. The number of carbonyl (C=O) groups is 3. The Balaban J connectivity index is 1.88. The van der Waals surface area contributed by atoms with Crippen molar-refractivity contribution in [2.24, 2.45) is 0 Å². The number of anilines is 2. The lowest BCUT2D eigenvalue weighted by Gasteiger charge is -2.39. The maximum absolute atomic E-state index is 13.3. The van der Waals surface area contributed by atoms with E-state index in [0.29, 0.717) is 22.5 Å². The van der Waals surface area contributed by atoms with Gasteiger partial charge in [0.2, 0.25) is 0 Å². The molecule has 0 fully saturated rings. The highest BCUT2D eigenvalue weighted by atomic mass is 16.5. The minimum absolute atomic E-state index is 0.0406. The van der Waals surface area contributed by atoms with Crippen LogP contribution < -0.4 is 10.0 Å². The molecule has 0 saturated heterocycles. The zero-order chi connectivity index (χ0) is 19.6. The summed E-state index contributed by atoms with van der Waals surface area (Å²) in [6.07, 6.45) is 0. The number of fused-ring (bicyclic) bond motifs is 5. The quantitative estimate of drug-likeness (QED) is 0.740. The lowest BCUT2D eigenvalue weighted by Crippen LogP contribution is -2.53. The molecule has 1 amide bonds. The molecule has 2 aromatic carbocycles. The van der Waals surface area contributed by atoms with Crippen LogP contribution in [0, 0.1) is 0 Å². The van der Waals surface area contributed by atoms with Gasteiger partial charge < -0.3 is 9.47 Å². The number of esters is 2. The van der Waals surface area contributed by atoms with Crippen LogP contribution in [0.3, 0.4) is 0 Å². The van der Waals surface area contributed by atoms with E-state index in [2.05, 4.69) is 0 Å². The van der Waals surface area contributed by atoms with E-state index in [9.17, 15) is 14.4 Å². The second-order valence-corrected chi connectivity index (χ2v) is 6.47. The fourth-order valence-electron chi connectivity index (χ4n) is 4.08. The lowest BCUT2D eigenvalue weighted by atomic mass is 9.91. The van der Waals surface area contributed by atoms with Crippen molar-refractivity contribution in [1.82, 2.24) is 5.12 Å². The van der Waals surface area contributed by atoms with Gasteiger partial charge >= 0.3 is 11.9 Å². The number of carbonyl (C=O) groups excluding carboxylic acids is 3. The standard InChI is InChI=1S/C20H15N3O5/c1-27-19(25)15-16-11-7-3-4-8-12(11)18(24)22-14-10-6-5-9-13(14)21(23(16)22)17(15)20(26)28-2/h3-10,16H,1-2H3. The maximum Gasteiger partial charge on any atom is 0.356 e. The Labute approximate surface area is 160 Å². The molecule has 0 aliphatic carbocycles. The fraction of sp³-hybridized carbons (Fsp3) is 0.150.